The number of benzene rings is 1. The molecule has 1 aliphatic rings. The molecule has 0 saturated carbocycles. The summed E-state index contributed by atoms with van der Waals surface area (Å²) in [4.78, 5) is 24.2. The number of nitrogens with zero attached hydrogens (tertiary/aromatic N) is 2. The van der Waals surface area contributed by atoms with E-state index in [0.29, 0.717) is 10.9 Å². The van der Waals surface area contributed by atoms with E-state index in [2.05, 4.69) is 11.8 Å². The number of carbonyl (C=O) groups excluding carboxylic acids is 1. The number of nitro groups is 1. The van der Waals surface area contributed by atoms with Crippen molar-refractivity contribution in [2.75, 3.05) is 23.7 Å². The van der Waals surface area contributed by atoms with E-state index in [9.17, 15) is 14.9 Å². The lowest BCUT2D eigenvalue weighted by Crippen LogP contribution is -2.31. The molecule has 1 atom stereocenters. The molecule has 1 amide bonds. The molecule has 0 radical (unpaired) electrons. The third-order valence-electron chi connectivity index (χ3n) is 3.83. The lowest BCUT2D eigenvalue weighted by molar-refractivity contribution is -0.384. The Kier molecular flexibility index (Phi) is 5.65. The maximum Gasteiger partial charge on any atom is 0.270 e. The molecule has 6 nitrogen and oxygen atoms in total. The van der Waals surface area contributed by atoms with Crippen LogP contribution in [0, 0.1) is 10.1 Å². The Balaban J connectivity index is 2.33. The van der Waals surface area contributed by atoms with Gasteiger partial charge in [0.25, 0.3) is 11.6 Å². The Morgan fingerprint density at radius 3 is 2.91 bits per heavy atom. The topological polar surface area (TPSA) is 89.5 Å². The zero-order chi connectivity index (χ0) is 16.1. The van der Waals surface area contributed by atoms with Gasteiger partial charge in [0.1, 0.15) is 0 Å². The second kappa shape index (κ2) is 7.49. The van der Waals surface area contributed by atoms with Crippen LogP contribution in [0.3, 0.4) is 0 Å². The summed E-state index contributed by atoms with van der Waals surface area (Å²) in [5.74, 6) is 0.434. The fraction of sp³-hybridized carbons (Fsp3) is 0.533. The van der Waals surface area contributed by atoms with Crippen LogP contribution in [0.15, 0.2) is 18.2 Å². The van der Waals surface area contributed by atoms with Crippen molar-refractivity contribution in [3.05, 3.63) is 33.9 Å². The van der Waals surface area contributed by atoms with Gasteiger partial charge in [0.05, 0.1) is 16.2 Å². The number of nitrogens with two attached hydrogens (primary N) is 1. The number of thioether (sulfide) groups is 1. The lowest BCUT2D eigenvalue weighted by Gasteiger charge is -2.27. The molecule has 1 fully saturated rings. The molecule has 0 bridgehead atoms. The molecule has 7 heteroatoms. The molecule has 120 valence electrons. The van der Waals surface area contributed by atoms with Crippen LogP contribution in [0.2, 0.25) is 0 Å². The zero-order valence-corrected chi connectivity index (χ0v) is 13.5. The number of anilines is 1. The van der Waals surface area contributed by atoms with Gasteiger partial charge in [0.2, 0.25) is 0 Å². The summed E-state index contributed by atoms with van der Waals surface area (Å²) < 4.78 is 0. The van der Waals surface area contributed by atoms with Crippen molar-refractivity contribution >= 4 is 29.0 Å². The predicted octanol–water partition coefficient (Wildman–Crippen LogP) is 2.81. The highest BCUT2D eigenvalue weighted by atomic mass is 32.2. The predicted molar refractivity (Wildman–Crippen MR) is 89.6 cm³/mol. The quantitative estimate of drug-likeness (QED) is 0.665. The van der Waals surface area contributed by atoms with Crippen molar-refractivity contribution in [3.8, 4) is 0 Å². The van der Waals surface area contributed by atoms with Gasteiger partial charge < -0.3 is 10.6 Å². The molecule has 1 aromatic rings. The molecule has 2 rings (SSSR count). The van der Waals surface area contributed by atoms with Crippen LogP contribution in [0.4, 0.5) is 11.4 Å². The molecular weight excluding hydrogens is 302 g/mol. The minimum Gasteiger partial charge on any atom is -0.370 e. The van der Waals surface area contributed by atoms with Crippen molar-refractivity contribution in [2.45, 2.75) is 31.4 Å². The van der Waals surface area contributed by atoms with E-state index in [0.717, 1.165) is 38.1 Å². The van der Waals surface area contributed by atoms with Crippen molar-refractivity contribution < 1.29 is 9.72 Å². The second-order valence-electron chi connectivity index (χ2n) is 5.34. The van der Waals surface area contributed by atoms with E-state index in [-0.39, 0.29) is 11.3 Å². The first-order valence-electron chi connectivity index (χ1n) is 7.47. The van der Waals surface area contributed by atoms with Crippen molar-refractivity contribution in [2.24, 2.45) is 5.73 Å². The van der Waals surface area contributed by atoms with Gasteiger partial charge in [0, 0.05) is 30.5 Å². The normalized spacial score (nSPS) is 18.8. The van der Waals surface area contributed by atoms with Gasteiger partial charge >= 0.3 is 0 Å². The standard InChI is InChI=1S/C15H21N3O3S/c1-2-22-12-5-3-4-8-17(10-12)14-7-6-11(18(20)21)9-13(14)15(16)19/h6-7,9,12H,2-5,8,10H2,1H3,(H2,16,19). The molecule has 22 heavy (non-hydrogen) atoms. The molecule has 1 unspecified atom stereocenters. The summed E-state index contributed by atoms with van der Waals surface area (Å²) >= 11 is 1.92. The molecule has 0 aliphatic carbocycles. The van der Waals surface area contributed by atoms with Gasteiger partial charge in [-0.3, -0.25) is 14.9 Å². The zero-order valence-electron chi connectivity index (χ0n) is 12.7. The molecule has 0 spiro atoms. The third kappa shape index (κ3) is 3.91. The van der Waals surface area contributed by atoms with Crippen molar-refractivity contribution in [1.29, 1.82) is 0 Å². The Morgan fingerprint density at radius 2 is 2.27 bits per heavy atom. The number of nitro benzene ring substituents is 1. The fourth-order valence-electron chi connectivity index (χ4n) is 2.80. The summed E-state index contributed by atoms with van der Waals surface area (Å²) in [7, 11) is 0. The molecule has 2 N–H and O–H groups in total. The highest BCUT2D eigenvalue weighted by molar-refractivity contribution is 7.99. The summed E-state index contributed by atoms with van der Waals surface area (Å²) in [5.41, 5.74) is 6.27. The number of carbonyl (C=O) groups is 1. The summed E-state index contributed by atoms with van der Waals surface area (Å²) in [6.45, 7) is 3.83. The number of rotatable bonds is 5. The number of hydrogen-bond donors (Lipinski definition) is 1. The van der Waals surface area contributed by atoms with E-state index < -0.39 is 10.8 Å². The molecule has 1 aromatic carbocycles. The van der Waals surface area contributed by atoms with E-state index in [1.807, 2.05) is 11.8 Å². The highest BCUT2D eigenvalue weighted by Crippen LogP contribution is 2.30. The van der Waals surface area contributed by atoms with Crippen LogP contribution in [0.1, 0.15) is 36.5 Å². The fourth-order valence-corrected chi connectivity index (χ4v) is 3.89. The first kappa shape index (κ1) is 16.6. The van der Waals surface area contributed by atoms with Crippen LogP contribution >= 0.6 is 11.8 Å². The minimum atomic E-state index is -0.623. The monoisotopic (exact) mass is 323 g/mol. The maximum absolute atomic E-state index is 11.7. The first-order chi connectivity index (χ1) is 10.5. The van der Waals surface area contributed by atoms with Crippen LogP contribution in [-0.4, -0.2) is 34.9 Å². The molecule has 1 saturated heterocycles. The van der Waals surface area contributed by atoms with Crippen LogP contribution in [-0.2, 0) is 0 Å². The number of primary amides is 1. The van der Waals surface area contributed by atoms with Gasteiger partial charge in [-0.2, -0.15) is 11.8 Å². The number of hydrogen-bond acceptors (Lipinski definition) is 5. The number of amides is 1. The third-order valence-corrected chi connectivity index (χ3v) is 5.02. The Hall–Kier alpha value is -1.76. The summed E-state index contributed by atoms with van der Waals surface area (Å²) in [6.07, 6.45) is 3.37. The van der Waals surface area contributed by atoms with Crippen LogP contribution in [0.5, 0.6) is 0 Å². The summed E-state index contributed by atoms with van der Waals surface area (Å²) in [5, 5.41) is 11.4. The minimum absolute atomic E-state index is 0.105. The van der Waals surface area contributed by atoms with E-state index in [1.54, 1.807) is 6.07 Å². The average molecular weight is 323 g/mol. The highest BCUT2D eigenvalue weighted by Gasteiger charge is 2.23. The van der Waals surface area contributed by atoms with Crippen LogP contribution < -0.4 is 10.6 Å². The molecule has 1 heterocycles. The Morgan fingerprint density at radius 1 is 1.50 bits per heavy atom. The first-order valence-corrected chi connectivity index (χ1v) is 8.52. The van der Waals surface area contributed by atoms with Crippen molar-refractivity contribution in [3.63, 3.8) is 0 Å². The molecule has 0 aromatic heterocycles. The smallest absolute Gasteiger partial charge is 0.270 e. The molecule has 1 aliphatic heterocycles. The maximum atomic E-state index is 11.7. The van der Waals surface area contributed by atoms with Crippen molar-refractivity contribution in [1.82, 2.24) is 0 Å². The van der Waals surface area contributed by atoms with E-state index in [4.69, 9.17) is 5.73 Å². The van der Waals surface area contributed by atoms with Crippen LogP contribution in [0.25, 0.3) is 0 Å². The average Bonchev–Trinajstić information content (AvgIpc) is 2.72. The SMILES string of the molecule is CCSC1CCCCN(c2ccc([N+](=O)[O-])cc2C(N)=O)C1. The lowest BCUT2D eigenvalue weighted by atomic mass is 10.1. The van der Waals surface area contributed by atoms with Gasteiger partial charge in [-0.05, 0) is 24.7 Å². The van der Waals surface area contributed by atoms with Gasteiger partial charge in [0.15, 0.2) is 0 Å². The Labute approximate surface area is 134 Å². The Bertz CT molecular complexity index is 565. The van der Waals surface area contributed by atoms with E-state index >= 15 is 0 Å². The van der Waals surface area contributed by atoms with E-state index in [1.165, 1.54) is 12.1 Å². The van der Waals surface area contributed by atoms with Gasteiger partial charge in [-0.1, -0.05) is 13.3 Å². The van der Waals surface area contributed by atoms with Gasteiger partial charge in [-0.15, -0.1) is 0 Å². The second-order valence-corrected chi connectivity index (χ2v) is 6.92. The van der Waals surface area contributed by atoms with Gasteiger partial charge in [-0.25, -0.2) is 0 Å². The largest absolute Gasteiger partial charge is 0.370 e. The molecular formula is C15H21N3O3S. The number of non-ortho nitro benzene ring substituents is 1. The summed E-state index contributed by atoms with van der Waals surface area (Å²) in [6, 6.07) is 4.37.